The molecule has 2 fully saturated rings. The summed E-state index contributed by atoms with van der Waals surface area (Å²) in [5.41, 5.74) is 5.85. The van der Waals surface area contributed by atoms with Gasteiger partial charge in [0, 0.05) is 18.0 Å². The maximum Gasteiger partial charge on any atom is 0.490 e. The van der Waals surface area contributed by atoms with Crippen molar-refractivity contribution >= 4 is 34.6 Å². The van der Waals surface area contributed by atoms with Gasteiger partial charge in [-0.25, -0.2) is 14.6 Å². The van der Waals surface area contributed by atoms with E-state index in [1.807, 2.05) is 67.6 Å². The van der Waals surface area contributed by atoms with E-state index in [1.165, 1.54) is 44.9 Å². The number of benzene rings is 3. The minimum absolute atomic E-state index is 0.0569. The number of hydrogen-bond acceptors (Lipinski definition) is 4. The molecule has 1 amide bonds. The highest BCUT2D eigenvalue weighted by atomic mass is 19.4. The van der Waals surface area contributed by atoms with Crippen molar-refractivity contribution in [2.75, 3.05) is 5.32 Å². The predicted octanol–water partition coefficient (Wildman–Crippen LogP) is 10.0. The molecule has 51 heavy (non-hydrogen) atoms. The van der Waals surface area contributed by atoms with Gasteiger partial charge >= 0.3 is 18.1 Å². The fourth-order valence-corrected chi connectivity index (χ4v) is 7.75. The summed E-state index contributed by atoms with van der Waals surface area (Å²) in [4.78, 5) is 39.9. The van der Waals surface area contributed by atoms with Crippen LogP contribution in [0.1, 0.15) is 99.3 Å². The molecule has 8 nitrogen and oxygen atoms in total. The Morgan fingerprint density at radius 1 is 0.882 bits per heavy atom. The molecule has 2 aliphatic rings. The summed E-state index contributed by atoms with van der Waals surface area (Å²) in [5, 5.41) is 20.7. The highest BCUT2D eigenvalue weighted by Gasteiger charge is 2.38. The van der Waals surface area contributed by atoms with E-state index in [0.29, 0.717) is 16.7 Å². The van der Waals surface area contributed by atoms with E-state index in [-0.39, 0.29) is 11.8 Å². The number of aromatic nitrogens is 2. The first-order valence-electron chi connectivity index (χ1n) is 17.9. The third kappa shape index (κ3) is 8.98. The lowest BCUT2D eigenvalue weighted by atomic mass is 9.71. The Bertz CT molecular complexity index is 1840. The summed E-state index contributed by atoms with van der Waals surface area (Å²) in [7, 11) is 0. The van der Waals surface area contributed by atoms with Gasteiger partial charge in [-0.3, -0.25) is 9.36 Å². The van der Waals surface area contributed by atoms with Crippen molar-refractivity contribution in [2.24, 2.45) is 17.8 Å². The summed E-state index contributed by atoms with van der Waals surface area (Å²) in [5.74, 6) is -0.982. The van der Waals surface area contributed by atoms with Crippen LogP contribution in [-0.4, -0.2) is 43.8 Å². The highest BCUT2D eigenvalue weighted by Crippen LogP contribution is 2.40. The number of anilines is 1. The van der Waals surface area contributed by atoms with E-state index in [2.05, 4.69) is 16.8 Å². The van der Waals surface area contributed by atoms with Crippen LogP contribution in [0.4, 0.5) is 18.9 Å². The highest BCUT2D eigenvalue weighted by molar-refractivity contribution is 5.99. The lowest BCUT2D eigenvalue weighted by Crippen LogP contribution is -2.30. The van der Waals surface area contributed by atoms with Crippen LogP contribution in [-0.2, 0) is 16.0 Å². The molecule has 3 N–H and O–H groups in total. The first-order valence-corrected chi connectivity index (χ1v) is 17.9. The van der Waals surface area contributed by atoms with Gasteiger partial charge in [0.25, 0.3) is 0 Å². The summed E-state index contributed by atoms with van der Waals surface area (Å²) < 4.78 is 33.8. The number of unbranched alkanes of at least 4 members (excludes halogenated alkanes) is 1. The van der Waals surface area contributed by atoms with Crippen LogP contribution in [0.3, 0.4) is 0 Å². The number of imidazole rings is 1. The van der Waals surface area contributed by atoms with E-state index >= 15 is 0 Å². The lowest BCUT2D eigenvalue weighted by molar-refractivity contribution is -0.192. The molecular weight excluding hydrogens is 659 g/mol. The van der Waals surface area contributed by atoms with Gasteiger partial charge in [-0.15, -0.1) is 0 Å². The summed E-state index contributed by atoms with van der Waals surface area (Å²) in [6.45, 7) is 4.04. The zero-order chi connectivity index (χ0) is 36.7. The molecule has 11 heteroatoms. The number of nitrogens with zero attached hydrogens (tertiary/aromatic N) is 2. The Kier molecular flexibility index (Phi) is 12.2. The van der Waals surface area contributed by atoms with E-state index in [9.17, 15) is 27.9 Å². The van der Waals surface area contributed by atoms with Crippen LogP contribution >= 0.6 is 0 Å². The van der Waals surface area contributed by atoms with Crippen molar-refractivity contribution in [2.45, 2.75) is 97.1 Å². The third-order valence-electron chi connectivity index (χ3n) is 10.4. The Labute approximate surface area is 296 Å². The van der Waals surface area contributed by atoms with Crippen molar-refractivity contribution < 1.29 is 37.8 Å². The van der Waals surface area contributed by atoms with Gasteiger partial charge in [0.05, 0.1) is 22.3 Å². The van der Waals surface area contributed by atoms with Gasteiger partial charge < -0.3 is 15.5 Å². The normalized spacial score (nSPS) is 18.1. The first-order chi connectivity index (χ1) is 24.4. The van der Waals surface area contributed by atoms with E-state index < -0.39 is 18.1 Å². The number of alkyl halides is 3. The number of carbonyl (C=O) groups is 3. The number of carboxylic acids is 2. The van der Waals surface area contributed by atoms with Crippen LogP contribution < -0.4 is 5.32 Å². The third-order valence-corrected chi connectivity index (χ3v) is 10.4. The standard InChI is InChI=1S/C38H45N3O3.C2HF3O2/c1-3-4-15-35-40-32-22-20-30(39-37(42)29-18-16-27(17-19-29)26-11-7-5-8-12-26)24-34(32)41(35)33-23-21-31(28-13-9-6-10-14-28)36(25(33)2)38(43)44;3-2(4,5)1(6)7/h6,9-10,13-14,20-24,26-27,29H,3-5,7-8,11-12,15-19H2,1-2H3,(H,39,42)(H,43,44);(H,6,7). The number of carbonyl (C=O) groups excluding carboxylic acids is 1. The average molecular weight is 706 g/mol. The molecule has 0 atom stereocenters. The molecule has 0 radical (unpaired) electrons. The largest absolute Gasteiger partial charge is 0.490 e. The van der Waals surface area contributed by atoms with Crippen molar-refractivity contribution in [3.8, 4) is 16.8 Å². The molecule has 6 rings (SSSR count). The zero-order valence-electron chi connectivity index (χ0n) is 29.1. The fourth-order valence-electron chi connectivity index (χ4n) is 7.75. The van der Waals surface area contributed by atoms with Crippen molar-refractivity contribution in [3.05, 3.63) is 77.6 Å². The number of fused-ring (bicyclic) bond motifs is 1. The number of nitrogens with one attached hydrogen (secondary N) is 1. The average Bonchev–Trinajstić information content (AvgIpc) is 3.48. The summed E-state index contributed by atoms with van der Waals surface area (Å²) >= 11 is 0. The molecule has 0 bridgehead atoms. The number of halogens is 3. The van der Waals surface area contributed by atoms with Gasteiger partial charge in [-0.05, 0) is 91.8 Å². The second-order valence-corrected chi connectivity index (χ2v) is 13.8. The monoisotopic (exact) mass is 705 g/mol. The van der Waals surface area contributed by atoms with Crippen LogP contribution in [0.2, 0.25) is 0 Å². The number of aliphatic carboxylic acids is 1. The Morgan fingerprint density at radius 2 is 1.53 bits per heavy atom. The maximum absolute atomic E-state index is 13.4. The van der Waals surface area contributed by atoms with E-state index in [1.54, 1.807) is 0 Å². The molecule has 1 heterocycles. The molecule has 0 saturated heterocycles. The molecule has 272 valence electrons. The van der Waals surface area contributed by atoms with Crippen LogP contribution in [0.25, 0.3) is 27.8 Å². The van der Waals surface area contributed by atoms with Crippen LogP contribution in [0.5, 0.6) is 0 Å². The first kappa shape index (κ1) is 37.6. The number of carboxylic acid groups (broad SMARTS) is 2. The van der Waals surface area contributed by atoms with Gasteiger partial charge in [0.15, 0.2) is 0 Å². The Morgan fingerprint density at radius 3 is 2.14 bits per heavy atom. The minimum Gasteiger partial charge on any atom is -0.478 e. The Balaban J connectivity index is 0.000000654. The topological polar surface area (TPSA) is 122 Å². The molecule has 0 spiro atoms. The van der Waals surface area contributed by atoms with E-state index in [0.717, 1.165) is 77.7 Å². The van der Waals surface area contributed by atoms with Crippen molar-refractivity contribution in [1.82, 2.24) is 9.55 Å². The number of rotatable bonds is 9. The summed E-state index contributed by atoms with van der Waals surface area (Å²) in [6.07, 6.45) is 8.85. The molecule has 3 aromatic carbocycles. The number of hydrogen-bond donors (Lipinski definition) is 3. The second kappa shape index (κ2) is 16.6. The smallest absolute Gasteiger partial charge is 0.478 e. The zero-order valence-corrected chi connectivity index (χ0v) is 29.1. The molecule has 2 saturated carbocycles. The second-order valence-electron chi connectivity index (χ2n) is 13.8. The Hall–Kier alpha value is -4.67. The van der Waals surface area contributed by atoms with Crippen LogP contribution in [0, 0.1) is 24.7 Å². The van der Waals surface area contributed by atoms with Gasteiger partial charge in [-0.1, -0.05) is 81.8 Å². The molecule has 0 aliphatic heterocycles. The van der Waals surface area contributed by atoms with E-state index in [4.69, 9.17) is 14.9 Å². The van der Waals surface area contributed by atoms with Crippen LogP contribution in [0.15, 0.2) is 60.7 Å². The van der Waals surface area contributed by atoms with Crippen molar-refractivity contribution in [1.29, 1.82) is 0 Å². The molecule has 4 aromatic rings. The molecule has 2 aliphatic carbocycles. The van der Waals surface area contributed by atoms with Crippen molar-refractivity contribution in [3.63, 3.8) is 0 Å². The number of aromatic carboxylic acids is 1. The van der Waals surface area contributed by atoms with Gasteiger partial charge in [0.1, 0.15) is 5.82 Å². The summed E-state index contributed by atoms with van der Waals surface area (Å²) in [6, 6.07) is 19.5. The number of aryl methyl sites for hydroxylation is 1. The molecule has 1 aromatic heterocycles. The fraction of sp³-hybridized carbons (Fsp3) is 0.450. The SMILES string of the molecule is CCCCc1nc2ccc(NC(=O)C3CCC(C4CCCCC4)CC3)cc2n1-c1ccc(-c2ccccc2)c(C(=O)O)c1C.O=C(O)C(F)(F)F. The minimum atomic E-state index is -5.08. The van der Waals surface area contributed by atoms with Gasteiger partial charge in [-0.2, -0.15) is 13.2 Å². The molecule has 0 unspecified atom stereocenters. The number of amides is 1. The quantitative estimate of drug-likeness (QED) is 0.159. The van der Waals surface area contributed by atoms with Gasteiger partial charge in [0.2, 0.25) is 5.91 Å². The predicted molar refractivity (Wildman–Crippen MR) is 191 cm³/mol. The maximum atomic E-state index is 13.4. The molecular formula is C40H46F3N3O5. The lowest BCUT2D eigenvalue weighted by Gasteiger charge is -2.35.